The molecule has 0 radical (unpaired) electrons. The van der Waals surface area contributed by atoms with E-state index in [1.54, 1.807) is 41.7 Å². The Hall–Kier alpha value is -2.10. The molecule has 1 aromatic heterocycles. The molecule has 2 aromatic carbocycles. The van der Waals surface area contributed by atoms with Crippen LogP contribution in [0.1, 0.15) is 11.1 Å². The second-order valence-electron chi connectivity index (χ2n) is 4.56. The molecule has 104 valence electrons. The summed E-state index contributed by atoms with van der Waals surface area (Å²) in [7, 11) is 0. The Labute approximate surface area is 130 Å². The van der Waals surface area contributed by atoms with Crippen molar-refractivity contribution in [1.82, 2.24) is 0 Å². The average Bonchev–Trinajstić information content (AvgIpc) is 2.90. The Morgan fingerprint density at radius 2 is 1.81 bits per heavy atom. The minimum Gasteiger partial charge on any atom is -0.478 e. The zero-order valence-corrected chi connectivity index (χ0v) is 12.5. The van der Waals surface area contributed by atoms with Crippen molar-refractivity contribution in [3.05, 3.63) is 70.1 Å². The highest BCUT2D eigenvalue weighted by atomic mass is 35.5. The molecule has 0 fully saturated rings. The number of benzene rings is 2. The number of carboxylic acids is 1. The zero-order valence-electron chi connectivity index (χ0n) is 10.9. The van der Waals surface area contributed by atoms with Crippen LogP contribution in [-0.4, -0.2) is 11.1 Å². The van der Waals surface area contributed by atoms with Gasteiger partial charge in [-0.1, -0.05) is 41.9 Å². The summed E-state index contributed by atoms with van der Waals surface area (Å²) in [5.41, 5.74) is 1.85. The van der Waals surface area contributed by atoms with Gasteiger partial charge in [-0.3, -0.25) is 0 Å². The van der Waals surface area contributed by atoms with E-state index in [4.69, 9.17) is 11.6 Å². The fourth-order valence-corrected chi connectivity index (χ4v) is 3.25. The van der Waals surface area contributed by atoms with E-state index < -0.39 is 5.97 Å². The number of hydrogen-bond acceptors (Lipinski definition) is 2. The van der Waals surface area contributed by atoms with Crippen LogP contribution in [0.2, 0.25) is 5.02 Å². The van der Waals surface area contributed by atoms with Gasteiger partial charge in [-0.15, -0.1) is 11.3 Å². The zero-order chi connectivity index (χ0) is 14.8. The fourth-order valence-electron chi connectivity index (χ4n) is 2.17. The van der Waals surface area contributed by atoms with Gasteiger partial charge in [-0.05, 0) is 29.8 Å². The number of carbonyl (C=O) groups is 1. The molecule has 0 spiro atoms. The van der Waals surface area contributed by atoms with Crippen molar-refractivity contribution in [2.45, 2.75) is 0 Å². The maximum Gasteiger partial charge on any atom is 0.336 e. The van der Waals surface area contributed by atoms with Crippen LogP contribution in [0.4, 0.5) is 0 Å². The van der Waals surface area contributed by atoms with Crippen molar-refractivity contribution in [3.63, 3.8) is 0 Å². The van der Waals surface area contributed by atoms with Crippen LogP contribution in [0.3, 0.4) is 0 Å². The first-order valence-electron chi connectivity index (χ1n) is 6.32. The van der Waals surface area contributed by atoms with E-state index >= 15 is 0 Å². The van der Waals surface area contributed by atoms with E-state index in [0.717, 1.165) is 21.2 Å². The summed E-state index contributed by atoms with van der Waals surface area (Å²) >= 11 is 7.40. The van der Waals surface area contributed by atoms with Gasteiger partial charge in [0.2, 0.25) is 0 Å². The van der Waals surface area contributed by atoms with Crippen molar-refractivity contribution in [1.29, 1.82) is 0 Å². The van der Waals surface area contributed by atoms with Gasteiger partial charge >= 0.3 is 5.97 Å². The Morgan fingerprint density at radius 1 is 1.10 bits per heavy atom. The van der Waals surface area contributed by atoms with Gasteiger partial charge in [-0.2, -0.15) is 0 Å². The molecule has 2 nitrogen and oxygen atoms in total. The fraction of sp³-hybridized carbons (Fsp3) is 0. The molecule has 3 aromatic rings. The largest absolute Gasteiger partial charge is 0.478 e. The SMILES string of the molecule is O=C(O)/C(=C/c1ccc(Cl)cc1)c1csc2ccccc12. The molecule has 0 bridgehead atoms. The summed E-state index contributed by atoms with van der Waals surface area (Å²) in [6.07, 6.45) is 1.67. The third kappa shape index (κ3) is 2.84. The number of aliphatic carboxylic acids is 1. The Kier molecular flexibility index (Phi) is 3.78. The lowest BCUT2D eigenvalue weighted by molar-refractivity contribution is -0.130. The predicted molar refractivity (Wildman–Crippen MR) is 88.8 cm³/mol. The molecular weight excluding hydrogens is 304 g/mol. The minimum absolute atomic E-state index is 0.287. The summed E-state index contributed by atoms with van der Waals surface area (Å²) in [6.45, 7) is 0. The molecule has 21 heavy (non-hydrogen) atoms. The third-order valence-corrected chi connectivity index (χ3v) is 4.40. The Morgan fingerprint density at radius 3 is 2.52 bits per heavy atom. The molecule has 0 amide bonds. The second kappa shape index (κ2) is 5.72. The predicted octanol–water partition coefficient (Wildman–Crippen LogP) is 5.18. The van der Waals surface area contributed by atoms with E-state index in [2.05, 4.69) is 0 Å². The summed E-state index contributed by atoms with van der Waals surface area (Å²) in [5, 5.41) is 13.0. The summed E-state index contributed by atoms with van der Waals surface area (Å²) in [6, 6.07) is 14.9. The summed E-state index contributed by atoms with van der Waals surface area (Å²) in [5.74, 6) is -0.937. The van der Waals surface area contributed by atoms with Gasteiger partial charge in [0.25, 0.3) is 0 Å². The molecule has 0 unspecified atom stereocenters. The number of halogens is 1. The van der Waals surface area contributed by atoms with Crippen LogP contribution in [0.5, 0.6) is 0 Å². The normalized spacial score (nSPS) is 11.8. The van der Waals surface area contributed by atoms with Crippen LogP contribution in [0, 0.1) is 0 Å². The first-order valence-corrected chi connectivity index (χ1v) is 7.58. The van der Waals surface area contributed by atoms with E-state index in [1.807, 2.05) is 29.6 Å². The van der Waals surface area contributed by atoms with Crippen molar-refractivity contribution >= 4 is 50.6 Å². The number of fused-ring (bicyclic) bond motifs is 1. The lowest BCUT2D eigenvalue weighted by atomic mass is 10.0. The molecular formula is C17H11ClO2S. The van der Waals surface area contributed by atoms with Crippen LogP contribution < -0.4 is 0 Å². The monoisotopic (exact) mass is 314 g/mol. The Balaban J connectivity index is 2.14. The first-order chi connectivity index (χ1) is 10.1. The molecule has 1 N–H and O–H groups in total. The van der Waals surface area contributed by atoms with Gasteiger partial charge in [0.15, 0.2) is 0 Å². The lowest BCUT2D eigenvalue weighted by Gasteiger charge is -2.02. The molecule has 0 atom stereocenters. The number of hydrogen-bond donors (Lipinski definition) is 1. The van der Waals surface area contributed by atoms with Gasteiger partial charge < -0.3 is 5.11 Å². The maximum absolute atomic E-state index is 11.6. The van der Waals surface area contributed by atoms with Gasteiger partial charge in [0.1, 0.15) is 0 Å². The third-order valence-electron chi connectivity index (χ3n) is 3.18. The van der Waals surface area contributed by atoms with Crippen molar-refractivity contribution in [2.24, 2.45) is 0 Å². The van der Waals surface area contributed by atoms with Crippen molar-refractivity contribution in [3.8, 4) is 0 Å². The highest BCUT2D eigenvalue weighted by Gasteiger charge is 2.15. The molecule has 1 heterocycles. The number of rotatable bonds is 3. The molecule has 0 saturated carbocycles. The molecule has 0 aliphatic rings. The molecule has 0 aliphatic heterocycles. The molecule has 4 heteroatoms. The van der Waals surface area contributed by atoms with E-state index in [1.165, 1.54) is 0 Å². The number of carboxylic acid groups (broad SMARTS) is 1. The lowest BCUT2D eigenvalue weighted by Crippen LogP contribution is -1.98. The van der Waals surface area contributed by atoms with Crippen molar-refractivity contribution < 1.29 is 9.90 Å². The van der Waals surface area contributed by atoms with Crippen LogP contribution in [0.25, 0.3) is 21.7 Å². The highest BCUT2D eigenvalue weighted by Crippen LogP contribution is 2.32. The average molecular weight is 315 g/mol. The van der Waals surface area contributed by atoms with Gasteiger partial charge in [0, 0.05) is 26.1 Å². The van der Waals surface area contributed by atoms with Crippen LogP contribution in [0.15, 0.2) is 53.9 Å². The minimum atomic E-state index is -0.937. The molecule has 0 aliphatic carbocycles. The van der Waals surface area contributed by atoms with Gasteiger partial charge in [0.05, 0.1) is 5.57 Å². The van der Waals surface area contributed by atoms with E-state index in [-0.39, 0.29) is 5.57 Å². The van der Waals surface area contributed by atoms with Crippen molar-refractivity contribution in [2.75, 3.05) is 0 Å². The molecule has 0 saturated heterocycles. The summed E-state index contributed by atoms with van der Waals surface area (Å²) < 4.78 is 1.08. The van der Waals surface area contributed by atoms with E-state index in [9.17, 15) is 9.90 Å². The maximum atomic E-state index is 11.6. The standard InChI is InChI=1S/C17H11ClO2S/c18-12-7-5-11(6-8-12)9-14(17(19)20)15-10-21-16-4-2-1-3-13(15)16/h1-10H,(H,19,20)/b14-9+. The first kappa shape index (κ1) is 13.9. The Bertz CT molecular complexity index is 831. The number of thiophene rings is 1. The highest BCUT2D eigenvalue weighted by molar-refractivity contribution is 7.17. The molecule has 3 rings (SSSR count). The van der Waals surface area contributed by atoms with Crippen LogP contribution >= 0.6 is 22.9 Å². The second-order valence-corrected chi connectivity index (χ2v) is 5.91. The van der Waals surface area contributed by atoms with Gasteiger partial charge in [-0.25, -0.2) is 4.79 Å². The topological polar surface area (TPSA) is 37.3 Å². The van der Waals surface area contributed by atoms with Crippen LogP contribution in [-0.2, 0) is 4.79 Å². The smallest absolute Gasteiger partial charge is 0.336 e. The quantitative estimate of drug-likeness (QED) is 0.676. The summed E-state index contributed by atoms with van der Waals surface area (Å²) in [4.78, 5) is 11.6. The van der Waals surface area contributed by atoms with E-state index in [0.29, 0.717) is 5.02 Å².